The topological polar surface area (TPSA) is 240 Å². The van der Waals surface area contributed by atoms with Crippen molar-refractivity contribution in [3.63, 3.8) is 0 Å². The van der Waals surface area contributed by atoms with Gasteiger partial charge in [-0.3, -0.25) is 14.4 Å². The Hall–Kier alpha value is -3.07. The molecule has 0 fully saturated rings. The number of carbonyl (C=O) groups excluding carboxylic acids is 3. The molecule has 14 heteroatoms. The summed E-state index contributed by atoms with van der Waals surface area (Å²) < 4.78 is 0. The molecule has 1 rings (SSSR count). The van der Waals surface area contributed by atoms with Gasteiger partial charge in [-0.1, -0.05) is 0 Å². The summed E-state index contributed by atoms with van der Waals surface area (Å²) in [5.74, 6) is -4.31. The van der Waals surface area contributed by atoms with Crippen molar-refractivity contribution >= 4 is 23.7 Å². The van der Waals surface area contributed by atoms with E-state index in [9.17, 15) is 34.5 Å². The first-order valence-electron chi connectivity index (χ1n) is 8.87. The van der Waals surface area contributed by atoms with Crippen LogP contribution >= 0.6 is 0 Å². The SMILES string of the molecule is CC(O)C(NC(=O)C(CO)NC(=O)C(N)CO)C(=O)NC(Cc1cnc[nH]1)C(=O)O. The molecular weight excluding hydrogens is 404 g/mol. The van der Waals surface area contributed by atoms with Gasteiger partial charge in [0.1, 0.15) is 24.2 Å². The second-order valence-corrected chi connectivity index (χ2v) is 6.44. The molecule has 10 N–H and O–H groups in total. The number of carboxylic acid groups (broad SMARTS) is 1. The van der Waals surface area contributed by atoms with Crippen molar-refractivity contribution in [3.8, 4) is 0 Å². The van der Waals surface area contributed by atoms with Crippen LogP contribution in [-0.2, 0) is 25.6 Å². The molecule has 0 aromatic carbocycles. The van der Waals surface area contributed by atoms with Gasteiger partial charge < -0.3 is 47.1 Å². The minimum absolute atomic E-state index is 0.129. The summed E-state index contributed by atoms with van der Waals surface area (Å²) >= 11 is 0. The number of rotatable bonds is 12. The number of hydrogen-bond donors (Lipinski definition) is 9. The van der Waals surface area contributed by atoms with Crippen LogP contribution in [0.25, 0.3) is 0 Å². The number of carbonyl (C=O) groups is 4. The predicted octanol–water partition coefficient (Wildman–Crippen LogP) is -4.82. The number of aromatic amines is 1. The van der Waals surface area contributed by atoms with E-state index >= 15 is 0 Å². The van der Waals surface area contributed by atoms with Crippen LogP contribution in [0.2, 0.25) is 0 Å². The highest BCUT2D eigenvalue weighted by molar-refractivity contribution is 5.94. The Morgan fingerprint density at radius 3 is 2.17 bits per heavy atom. The number of aromatic nitrogens is 2. The molecule has 0 aliphatic rings. The number of nitrogens with two attached hydrogens (primary N) is 1. The number of aliphatic hydroxyl groups excluding tert-OH is 3. The third-order valence-electron chi connectivity index (χ3n) is 4.01. The zero-order valence-electron chi connectivity index (χ0n) is 16.1. The maximum Gasteiger partial charge on any atom is 0.326 e. The summed E-state index contributed by atoms with van der Waals surface area (Å²) in [6, 6.07) is -5.82. The Morgan fingerprint density at radius 2 is 1.70 bits per heavy atom. The van der Waals surface area contributed by atoms with Crippen LogP contribution in [0.5, 0.6) is 0 Å². The van der Waals surface area contributed by atoms with Crippen LogP contribution in [0.15, 0.2) is 12.5 Å². The van der Waals surface area contributed by atoms with Gasteiger partial charge in [-0.25, -0.2) is 9.78 Å². The maximum absolute atomic E-state index is 12.5. The summed E-state index contributed by atoms with van der Waals surface area (Å²) in [5.41, 5.74) is 5.75. The Kier molecular flexibility index (Phi) is 9.83. The fourth-order valence-corrected chi connectivity index (χ4v) is 2.29. The fraction of sp³-hybridized carbons (Fsp3) is 0.562. The van der Waals surface area contributed by atoms with E-state index in [0.717, 1.165) is 0 Å². The third kappa shape index (κ3) is 7.40. The van der Waals surface area contributed by atoms with Crippen LogP contribution in [0.1, 0.15) is 12.6 Å². The van der Waals surface area contributed by atoms with E-state index in [4.69, 9.17) is 10.8 Å². The highest BCUT2D eigenvalue weighted by Crippen LogP contribution is 2.02. The van der Waals surface area contributed by atoms with Crippen molar-refractivity contribution in [2.24, 2.45) is 5.73 Å². The molecule has 3 amide bonds. The van der Waals surface area contributed by atoms with Crippen LogP contribution in [0, 0.1) is 0 Å². The number of H-pyrrole nitrogens is 1. The van der Waals surface area contributed by atoms with Gasteiger partial charge in [0, 0.05) is 18.3 Å². The average molecular weight is 430 g/mol. The number of nitrogens with zero attached hydrogens (tertiary/aromatic N) is 1. The molecule has 168 valence electrons. The number of imidazole rings is 1. The molecule has 14 nitrogen and oxygen atoms in total. The van der Waals surface area contributed by atoms with Gasteiger partial charge in [-0.15, -0.1) is 0 Å². The molecule has 0 radical (unpaired) electrons. The number of amides is 3. The van der Waals surface area contributed by atoms with Gasteiger partial charge in [-0.2, -0.15) is 0 Å². The van der Waals surface area contributed by atoms with Gasteiger partial charge in [0.15, 0.2) is 0 Å². The van der Waals surface area contributed by atoms with E-state index in [0.29, 0.717) is 5.69 Å². The van der Waals surface area contributed by atoms with Crippen molar-refractivity contribution in [2.45, 2.75) is 43.6 Å². The Labute approximate surface area is 170 Å². The smallest absolute Gasteiger partial charge is 0.326 e. The van der Waals surface area contributed by atoms with Crippen molar-refractivity contribution in [3.05, 3.63) is 18.2 Å². The molecule has 1 aromatic rings. The molecule has 0 bridgehead atoms. The minimum Gasteiger partial charge on any atom is -0.480 e. The highest BCUT2D eigenvalue weighted by Gasteiger charge is 2.32. The summed E-state index contributed by atoms with van der Waals surface area (Å²) in [6.45, 7) is -0.373. The van der Waals surface area contributed by atoms with E-state index in [2.05, 4.69) is 25.9 Å². The molecule has 0 aliphatic heterocycles. The summed E-state index contributed by atoms with van der Waals surface area (Å²) in [7, 11) is 0. The maximum atomic E-state index is 12.5. The average Bonchev–Trinajstić information content (AvgIpc) is 3.21. The van der Waals surface area contributed by atoms with Crippen LogP contribution in [-0.4, -0.2) is 97.6 Å². The van der Waals surface area contributed by atoms with Gasteiger partial charge in [-0.05, 0) is 6.92 Å². The summed E-state index contributed by atoms with van der Waals surface area (Å²) in [5, 5.41) is 43.8. The molecule has 30 heavy (non-hydrogen) atoms. The van der Waals surface area contributed by atoms with Gasteiger partial charge in [0.05, 0.1) is 25.6 Å². The lowest BCUT2D eigenvalue weighted by Gasteiger charge is -2.25. The highest BCUT2D eigenvalue weighted by atomic mass is 16.4. The number of nitrogens with one attached hydrogen (secondary N) is 4. The monoisotopic (exact) mass is 430 g/mol. The lowest BCUT2D eigenvalue weighted by molar-refractivity contribution is -0.143. The standard InChI is InChI=1S/C16H26N6O8/c1-7(25)12(22-14(27)11(5-24)21-13(26)9(17)4-23)15(28)20-10(16(29)30)2-8-3-18-6-19-8/h3,6-7,9-12,23-25H,2,4-5,17H2,1H3,(H,18,19)(H,20,28)(H,21,26)(H,22,27)(H,29,30). The molecule has 5 atom stereocenters. The molecule has 1 aromatic heterocycles. The Balaban J connectivity index is 2.83. The number of aliphatic carboxylic acids is 1. The van der Waals surface area contributed by atoms with E-state index in [1.807, 2.05) is 0 Å². The Morgan fingerprint density at radius 1 is 1.07 bits per heavy atom. The number of carboxylic acids is 1. The lowest BCUT2D eigenvalue weighted by atomic mass is 10.1. The minimum atomic E-state index is -1.58. The van der Waals surface area contributed by atoms with Crippen molar-refractivity contribution < 1.29 is 39.6 Å². The lowest BCUT2D eigenvalue weighted by Crippen LogP contribution is -2.60. The first-order chi connectivity index (χ1) is 14.1. The Bertz CT molecular complexity index is 725. The molecule has 5 unspecified atom stereocenters. The molecule has 0 aliphatic carbocycles. The van der Waals surface area contributed by atoms with Gasteiger partial charge in [0.2, 0.25) is 17.7 Å². The molecule has 0 saturated carbocycles. The van der Waals surface area contributed by atoms with Crippen LogP contribution in [0.3, 0.4) is 0 Å². The number of aliphatic hydroxyl groups is 3. The summed E-state index contributed by atoms with van der Waals surface area (Å²) in [6.07, 6.45) is 1.14. The predicted molar refractivity (Wildman–Crippen MR) is 99.5 cm³/mol. The van der Waals surface area contributed by atoms with E-state index in [1.165, 1.54) is 19.4 Å². The normalized spacial score (nSPS) is 15.9. The largest absolute Gasteiger partial charge is 0.480 e. The quantitative estimate of drug-likeness (QED) is 0.153. The molecule has 1 heterocycles. The summed E-state index contributed by atoms with van der Waals surface area (Å²) in [4.78, 5) is 54.3. The van der Waals surface area contributed by atoms with Crippen LogP contribution in [0.4, 0.5) is 0 Å². The van der Waals surface area contributed by atoms with E-state index in [1.54, 1.807) is 0 Å². The molecular formula is C16H26N6O8. The van der Waals surface area contributed by atoms with Gasteiger partial charge >= 0.3 is 5.97 Å². The fourth-order valence-electron chi connectivity index (χ4n) is 2.29. The molecule has 0 saturated heterocycles. The van der Waals surface area contributed by atoms with E-state index in [-0.39, 0.29) is 6.42 Å². The number of hydrogen-bond acceptors (Lipinski definition) is 9. The van der Waals surface area contributed by atoms with Crippen LogP contribution < -0.4 is 21.7 Å². The van der Waals surface area contributed by atoms with E-state index < -0.39 is 67.2 Å². The van der Waals surface area contributed by atoms with Crippen molar-refractivity contribution in [2.75, 3.05) is 13.2 Å². The second-order valence-electron chi connectivity index (χ2n) is 6.44. The first kappa shape index (κ1) is 25.0. The molecule has 0 spiro atoms. The third-order valence-corrected chi connectivity index (χ3v) is 4.01. The zero-order valence-corrected chi connectivity index (χ0v) is 16.1. The van der Waals surface area contributed by atoms with Crippen molar-refractivity contribution in [1.82, 2.24) is 25.9 Å². The van der Waals surface area contributed by atoms with Crippen molar-refractivity contribution in [1.29, 1.82) is 0 Å². The second kappa shape index (κ2) is 11.8. The first-order valence-corrected chi connectivity index (χ1v) is 8.87. The zero-order chi connectivity index (χ0) is 22.8. The van der Waals surface area contributed by atoms with Gasteiger partial charge in [0.25, 0.3) is 0 Å².